The van der Waals surface area contributed by atoms with Crippen LogP contribution >= 0.6 is 0 Å². The van der Waals surface area contributed by atoms with Crippen molar-refractivity contribution in [3.05, 3.63) is 35.1 Å². The van der Waals surface area contributed by atoms with Gasteiger partial charge in [-0.15, -0.1) is 0 Å². The predicted molar refractivity (Wildman–Crippen MR) is 57.2 cm³/mol. The Morgan fingerprint density at radius 1 is 1.21 bits per heavy atom. The third kappa shape index (κ3) is 1.27. The van der Waals surface area contributed by atoms with E-state index in [9.17, 15) is 4.79 Å². The number of carbonyl (C=O) groups is 1. The van der Waals surface area contributed by atoms with Crippen LogP contribution in [0.4, 0.5) is 0 Å². The molecule has 0 aromatic carbocycles. The third-order valence-corrected chi connectivity index (χ3v) is 2.64. The van der Waals surface area contributed by atoms with Crippen molar-refractivity contribution in [2.75, 3.05) is 0 Å². The molecule has 2 nitrogen and oxygen atoms in total. The van der Waals surface area contributed by atoms with E-state index in [0.29, 0.717) is 0 Å². The first-order valence-electron chi connectivity index (χ1n) is 4.75. The van der Waals surface area contributed by atoms with E-state index in [2.05, 4.69) is 11.1 Å². The lowest BCUT2D eigenvalue weighted by atomic mass is 9.81. The van der Waals surface area contributed by atoms with Crippen LogP contribution in [-0.4, -0.2) is 11.5 Å². The Morgan fingerprint density at radius 3 is 2.64 bits per heavy atom. The highest BCUT2D eigenvalue weighted by Gasteiger charge is 2.30. The van der Waals surface area contributed by atoms with Crippen LogP contribution in [0, 0.1) is 5.92 Å². The zero-order chi connectivity index (χ0) is 10.3. The quantitative estimate of drug-likeness (QED) is 0.572. The molecule has 0 saturated heterocycles. The highest BCUT2D eigenvalue weighted by molar-refractivity contribution is 6.20. The summed E-state index contributed by atoms with van der Waals surface area (Å²) in [5.41, 5.74) is 3.90. The van der Waals surface area contributed by atoms with E-state index in [1.165, 1.54) is 5.57 Å². The average Bonchev–Trinajstić information content (AvgIpc) is 2.10. The van der Waals surface area contributed by atoms with Crippen LogP contribution in [0.15, 0.2) is 40.1 Å². The topological polar surface area (TPSA) is 29.4 Å². The first-order valence-corrected chi connectivity index (χ1v) is 4.75. The van der Waals surface area contributed by atoms with Crippen molar-refractivity contribution in [3.63, 3.8) is 0 Å². The summed E-state index contributed by atoms with van der Waals surface area (Å²) in [6.07, 6.45) is 5.70. The van der Waals surface area contributed by atoms with Crippen LogP contribution in [0.3, 0.4) is 0 Å². The van der Waals surface area contributed by atoms with Gasteiger partial charge in [0.25, 0.3) is 0 Å². The van der Waals surface area contributed by atoms with Gasteiger partial charge in [-0.1, -0.05) is 11.6 Å². The number of ketones is 1. The van der Waals surface area contributed by atoms with Crippen LogP contribution in [0.1, 0.15) is 20.8 Å². The van der Waals surface area contributed by atoms with Gasteiger partial charge in [0.05, 0.1) is 11.6 Å². The number of hydrogen-bond acceptors (Lipinski definition) is 2. The summed E-state index contributed by atoms with van der Waals surface area (Å²) in [5.74, 6) is 0.0659. The molecule has 0 radical (unpaired) electrons. The molecule has 0 fully saturated rings. The number of nitrogens with zero attached hydrogens (tertiary/aromatic N) is 1. The van der Waals surface area contributed by atoms with Crippen LogP contribution in [-0.2, 0) is 4.79 Å². The van der Waals surface area contributed by atoms with Gasteiger partial charge in [0.15, 0.2) is 5.78 Å². The predicted octanol–water partition coefficient (Wildman–Crippen LogP) is 2.44. The Balaban J connectivity index is 2.52. The molecule has 2 aliphatic rings. The lowest BCUT2D eigenvalue weighted by molar-refractivity contribution is -0.116. The van der Waals surface area contributed by atoms with Crippen molar-refractivity contribution >= 4 is 11.5 Å². The Hall–Kier alpha value is -1.44. The van der Waals surface area contributed by atoms with E-state index in [4.69, 9.17) is 0 Å². The molecule has 2 rings (SSSR count). The van der Waals surface area contributed by atoms with Gasteiger partial charge >= 0.3 is 0 Å². The van der Waals surface area contributed by atoms with Crippen molar-refractivity contribution in [1.82, 2.24) is 0 Å². The van der Waals surface area contributed by atoms with E-state index >= 15 is 0 Å². The van der Waals surface area contributed by atoms with E-state index < -0.39 is 0 Å². The van der Waals surface area contributed by atoms with Gasteiger partial charge in [0, 0.05) is 11.8 Å². The summed E-state index contributed by atoms with van der Waals surface area (Å²) < 4.78 is 0. The minimum atomic E-state index is -0.122. The van der Waals surface area contributed by atoms with Crippen molar-refractivity contribution in [2.24, 2.45) is 10.9 Å². The zero-order valence-electron chi connectivity index (χ0n) is 8.66. The first kappa shape index (κ1) is 9.13. The second kappa shape index (κ2) is 3.05. The van der Waals surface area contributed by atoms with Gasteiger partial charge in [-0.3, -0.25) is 9.79 Å². The van der Waals surface area contributed by atoms with Gasteiger partial charge in [-0.25, -0.2) is 0 Å². The molecule has 1 unspecified atom stereocenters. The van der Waals surface area contributed by atoms with Crippen LogP contribution in [0.25, 0.3) is 0 Å². The molecule has 0 saturated carbocycles. The third-order valence-electron chi connectivity index (χ3n) is 2.64. The maximum atomic E-state index is 11.9. The highest BCUT2D eigenvalue weighted by Crippen LogP contribution is 2.27. The molecule has 1 aliphatic heterocycles. The Labute approximate surface area is 83.7 Å². The molecule has 14 heavy (non-hydrogen) atoms. The summed E-state index contributed by atoms with van der Waals surface area (Å²) in [4.78, 5) is 16.2. The summed E-state index contributed by atoms with van der Waals surface area (Å²) in [6, 6.07) is 0. The minimum absolute atomic E-state index is 0.122. The molecule has 0 spiro atoms. The van der Waals surface area contributed by atoms with Gasteiger partial charge in [0.1, 0.15) is 0 Å². The highest BCUT2D eigenvalue weighted by atomic mass is 16.1. The fourth-order valence-electron chi connectivity index (χ4n) is 1.95. The maximum absolute atomic E-state index is 11.9. The van der Waals surface area contributed by atoms with E-state index in [1.807, 2.05) is 26.8 Å². The molecule has 1 atom stereocenters. The van der Waals surface area contributed by atoms with Crippen molar-refractivity contribution in [3.8, 4) is 0 Å². The molecule has 0 N–H and O–H groups in total. The molecule has 2 heteroatoms. The lowest BCUT2D eigenvalue weighted by Crippen LogP contribution is -2.29. The minimum Gasteiger partial charge on any atom is -0.293 e. The second-order valence-corrected chi connectivity index (χ2v) is 3.94. The fraction of sp³-hybridized carbons (Fsp3) is 0.333. The van der Waals surface area contributed by atoms with E-state index in [-0.39, 0.29) is 11.7 Å². The molecule has 0 amide bonds. The second-order valence-electron chi connectivity index (χ2n) is 3.94. The summed E-state index contributed by atoms with van der Waals surface area (Å²) in [5, 5.41) is 0. The average molecular weight is 187 g/mol. The fourth-order valence-corrected chi connectivity index (χ4v) is 1.95. The van der Waals surface area contributed by atoms with Crippen LogP contribution < -0.4 is 0 Å². The Kier molecular flexibility index (Phi) is 1.99. The molecule has 0 aromatic rings. The number of Topliss-reactive ketones (excluding diaryl/α,β-unsaturated/α-hetero) is 1. The van der Waals surface area contributed by atoms with Crippen LogP contribution in [0.5, 0.6) is 0 Å². The van der Waals surface area contributed by atoms with Gasteiger partial charge < -0.3 is 0 Å². The van der Waals surface area contributed by atoms with E-state index in [1.54, 1.807) is 6.20 Å². The summed E-state index contributed by atoms with van der Waals surface area (Å²) >= 11 is 0. The Morgan fingerprint density at radius 2 is 1.93 bits per heavy atom. The number of allylic oxidation sites excluding steroid dienone is 5. The Bertz CT molecular complexity index is 422. The van der Waals surface area contributed by atoms with Crippen molar-refractivity contribution in [1.29, 1.82) is 0 Å². The molecular formula is C12H13NO. The van der Waals surface area contributed by atoms with Crippen molar-refractivity contribution in [2.45, 2.75) is 20.8 Å². The molecule has 1 aliphatic carbocycles. The molecule has 72 valence electrons. The lowest BCUT2D eigenvalue weighted by Gasteiger charge is -2.23. The number of carbonyl (C=O) groups excluding carboxylic acids is 1. The normalized spacial score (nSPS) is 25.9. The number of hydrogen-bond donors (Lipinski definition) is 0. The molecule has 0 bridgehead atoms. The number of aliphatic imine (C=N–C) groups is 1. The van der Waals surface area contributed by atoms with Crippen LogP contribution in [0.2, 0.25) is 0 Å². The number of fused-ring (bicyclic) bond motifs is 1. The largest absolute Gasteiger partial charge is 0.293 e. The van der Waals surface area contributed by atoms with Gasteiger partial charge in [-0.2, -0.15) is 0 Å². The molecule has 1 heterocycles. The molecular weight excluding hydrogens is 174 g/mol. The van der Waals surface area contributed by atoms with Crippen molar-refractivity contribution < 1.29 is 4.79 Å². The standard InChI is InChI=1S/C12H13NO/c1-7-4-8(2)11-10(5-7)13-6-9(3)12(11)14/h4-6,11H,1-3H3. The van der Waals surface area contributed by atoms with E-state index in [0.717, 1.165) is 16.9 Å². The monoisotopic (exact) mass is 187 g/mol. The smallest absolute Gasteiger partial charge is 0.173 e. The zero-order valence-corrected chi connectivity index (χ0v) is 8.66. The molecule has 0 aromatic heterocycles. The van der Waals surface area contributed by atoms with Gasteiger partial charge in [0.2, 0.25) is 0 Å². The first-order chi connectivity index (χ1) is 6.59. The van der Waals surface area contributed by atoms with Gasteiger partial charge in [-0.05, 0) is 32.4 Å². The summed E-state index contributed by atoms with van der Waals surface area (Å²) in [6.45, 7) is 5.84. The maximum Gasteiger partial charge on any atom is 0.173 e. The summed E-state index contributed by atoms with van der Waals surface area (Å²) in [7, 11) is 0. The SMILES string of the molecule is CC1=CC2=NC=C(C)C(=O)C2C(C)=C1. The number of rotatable bonds is 0.